The van der Waals surface area contributed by atoms with Crippen LogP contribution in [0.2, 0.25) is 36.3 Å². The number of hydrogen-bond donors (Lipinski definition) is 0. The first-order chi connectivity index (χ1) is 11.6. The molecule has 0 aliphatic heterocycles. The molecule has 26 heavy (non-hydrogen) atoms. The first-order valence-electron chi connectivity index (χ1n) is 10.1. The third-order valence-electron chi connectivity index (χ3n) is 7.21. The molecular formula is C21H40O3Si2. The van der Waals surface area contributed by atoms with Crippen molar-refractivity contribution < 1.29 is 13.6 Å². The Morgan fingerprint density at radius 1 is 0.923 bits per heavy atom. The second kappa shape index (κ2) is 6.98. The normalized spacial score (nSPS) is 28.2. The minimum absolute atomic E-state index is 0.0245. The predicted octanol–water partition coefficient (Wildman–Crippen LogP) is 6.08. The molecule has 0 heterocycles. The Hall–Kier alpha value is -0.236. The second-order valence-electron chi connectivity index (χ2n) is 11.3. The molecule has 2 aliphatic rings. The van der Waals surface area contributed by atoms with Crippen LogP contribution in [0.4, 0.5) is 0 Å². The summed E-state index contributed by atoms with van der Waals surface area (Å²) >= 11 is 0. The lowest BCUT2D eigenvalue weighted by Gasteiger charge is -2.49. The first kappa shape index (κ1) is 22.1. The molecule has 1 fully saturated rings. The maximum atomic E-state index is 12.1. The van der Waals surface area contributed by atoms with Crippen LogP contribution in [0.25, 0.3) is 0 Å². The van der Waals surface area contributed by atoms with Crippen LogP contribution in [0.1, 0.15) is 60.8 Å². The maximum absolute atomic E-state index is 12.1. The molecule has 0 radical (unpaired) electrons. The third-order valence-corrected chi connectivity index (χ3v) is 16.2. The fraction of sp³-hybridized carbons (Fsp3) is 0.857. The monoisotopic (exact) mass is 396 g/mol. The fourth-order valence-electron chi connectivity index (χ4n) is 3.39. The van der Waals surface area contributed by atoms with Crippen molar-refractivity contribution in [3.63, 3.8) is 0 Å². The van der Waals surface area contributed by atoms with Gasteiger partial charge in [0.1, 0.15) is 0 Å². The van der Waals surface area contributed by atoms with Crippen molar-refractivity contribution in [3.8, 4) is 0 Å². The van der Waals surface area contributed by atoms with Crippen molar-refractivity contribution in [2.75, 3.05) is 0 Å². The smallest absolute Gasteiger partial charge is 0.192 e. The van der Waals surface area contributed by atoms with E-state index in [-0.39, 0.29) is 34.0 Å². The van der Waals surface area contributed by atoms with Gasteiger partial charge >= 0.3 is 0 Å². The molecule has 1 saturated carbocycles. The Morgan fingerprint density at radius 2 is 1.42 bits per heavy atom. The van der Waals surface area contributed by atoms with Crippen LogP contribution < -0.4 is 0 Å². The Balaban J connectivity index is 2.31. The minimum Gasteiger partial charge on any atom is -0.411 e. The Morgan fingerprint density at radius 3 is 1.92 bits per heavy atom. The van der Waals surface area contributed by atoms with E-state index in [1.165, 1.54) is 5.57 Å². The van der Waals surface area contributed by atoms with Crippen molar-refractivity contribution in [3.05, 3.63) is 11.6 Å². The predicted molar refractivity (Wildman–Crippen MR) is 115 cm³/mol. The van der Waals surface area contributed by atoms with Crippen molar-refractivity contribution in [1.29, 1.82) is 0 Å². The molecule has 0 aromatic carbocycles. The maximum Gasteiger partial charge on any atom is 0.192 e. The molecular weight excluding hydrogens is 356 g/mol. The van der Waals surface area contributed by atoms with E-state index in [1.54, 1.807) is 0 Å². The van der Waals surface area contributed by atoms with Crippen LogP contribution in [-0.2, 0) is 13.6 Å². The molecule has 3 atom stereocenters. The number of ketones is 1. The molecule has 0 unspecified atom stereocenters. The molecule has 5 heteroatoms. The fourth-order valence-corrected chi connectivity index (χ4v) is 6.11. The molecule has 0 saturated heterocycles. The molecule has 2 rings (SSSR count). The highest BCUT2D eigenvalue weighted by atomic mass is 28.4. The van der Waals surface area contributed by atoms with Gasteiger partial charge in [0.15, 0.2) is 22.4 Å². The zero-order valence-corrected chi connectivity index (χ0v) is 20.7. The van der Waals surface area contributed by atoms with E-state index in [2.05, 4.69) is 67.7 Å². The van der Waals surface area contributed by atoms with E-state index >= 15 is 0 Å². The first-order valence-corrected chi connectivity index (χ1v) is 16.0. The standard InChI is InChI=1S/C21H40O3Si2/c1-20(2,3)25(7,8)23-18-12-11-15-13-16(22)14-17(15)19(18)24-26(9,10)21(4,5)6/h13,17-19H,11-12,14H2,1-10H3/t17-,18+,19+/m1/s1. The number of rotatable bonds is 4. The number of hydrogen-bond acceptors (Lipinski definition) is 3. The summed E-state index contributed by atoms with van der Waals surface area (Å²) in [6.45, 7) is 23.0. The van der Waals surface area contributed by atoms with Gasteiger partial charge in [-0.1, -0.05) is 47.1 Å². The highest BCUT2D eigenvalue weighted by Gasteiger charge is 2.49. The molecule has 0 amide bonds. The minimum atomic E-state index is -1.94. The highest BCUT2D eigenvalue weighted by molar-refractivity contribution is 6.74. The van der Waals surface area contributed by atoms with Gasteiger partial charge in [-0.15, -0.1) is 0 Å². The van der Waals surface area contributed by atoms with Gasteiger partial charge in [-0.05, 0) is 55.2 Å². The van der Waals surface area contributed by atoms with Crippen molar-refractivity contribution in [1.82, 2.24) is 0 Å². The second-order valence-corrected chi connectivity index (χ2v) is 20.8. The number of allylic oxidation sites excluding steroid dienone is 1. The summed E-state index contributed by atoms with van der Waals surface area (Å²) in [5, 5.41) is 0.328. The largest absolute Gasteiger partial charge is 0.411 e. The van der Waals surface area contributed by atoms with Crippen LogP contribution in [0.15, 0.2) is 11.6 Å². The van der Waals surface area contributed by atoms with Crippen LogP contribution in [-0.4, -0.2) is 34.6 Å². The Kier molecular flexibility index (Phi) is 5.92. The zero-order valence-electron chi connectivity index (χ0n) is 18.7. The molecule has 0 spiro atoms. The lowest BCUT2D eigenvalue weighted by atomic mass is 9.82. The topological polar surface area (TPSA) is 35.5 Å². The molecule has 0 aromatic heterocycles. The van der Waals surface area contributed by atoms with Crippen LogP contribution in [0.5, 0.6) is 0 Å². The molecule has 0 bridgehead atoms. The van der Waals surface area contributed by atoms with Crippen molar-refractivity contribution in [2.24, 2.45) is 5.92 Å². The quantitative estimate of drug-likeness (QED) is 0.540. The summed E-state index contributed by atoms with van der Waals surface area (Å²) in [6, 6.07) is 0. The van der Waals surface area contributed by atoms with Gasteiger partial charge in [0.05, 0.1) is 12.2 Å². The van der Waals surface area contributed by atoms with Crippen molar-refractivity contribution in [2.45, 2.75) is 109 Å². The van der Waals surface area contributed by atoms with Gasteiger partial charge in [-0.2, -0.15) is 0 Å². The molecule has 150 valence electrons. The summed E-state index contributed by atoms with van der Waals surface area (Å²) in [7, 11) is -3.83. The van der Waals surface area contributed by atoms with Gasteiger partial charge < -0.3 is 8.85 Å². The van der Waals surface area contributed by atoms with E-state index < -0.39 is 16.6 Å². The van der Waals surface area contributed by atoms with E-state index in [4.69, 9.17) is 8.85 Å². The zero-order chi connectivity index (χ0) is 20.1. The van der Waals surface area contributed by atoms with E-state index in [9.17, 15) is 4.79 Å². The van der Waals surface area contributed by atoms with E-state index in [0.29, 0.717) is 6.42 Å². The molecule has 0 aromatic rings. The lowest BCUT2D eigenvalue weighted by Crippen LogP contribution is -2.55. The van der Waals surface area contributed by atoms with Crippen LogP contribution in [0.3, 0.4) is 0 Å². The Bertz CT molecular complexity index is 579. The summed E-state index contributed by atoms with van der Waals surface area (Å²) in [4.78, 5) is 12.1. The SMILES string of the molecule is CC(C)(C)[Si](C)(C)O[C@@H]1[C@@H](O[Si](C)(C)C(C)(C)C)CCC2=CC(=O)C[C@H]21. The van der Waals surface area contributed by atoms with Crippen molar-refractivity contribution >= 4 is 22.4 Å². The van der Waals surface area contributed by atoms with Gasteiger partial charge in [-0.3, -0.25) is 4.79 Å². The molecule has 0 N–H and O–H groups in total. The number of fused-ring (bicyclic) bond motifs is 1. The highest BCUT2D eigenvalue weighted by Crippen LogP contribution is 2.47. The molecule has 2 aliphatic carbocycles. The Labute approximate surface area is 163 Å². The summed E-state index contributed by atoms with van der Waals surface area (Å²) in [5.74, 6) is 0.488. The molecule has 3 nitrogen and oxygen atoms in total. The van der Waals surface area contributed by atoms with E-state index in [1.807, 2.05) is 6.08 Å². The van der Waals surface area contributed by atoms with Gasteiger partial charge in [-0.25, -0.2) is 0 Å². The van der Waals surface area contributed by atoms with Gasteiger partial charge in [0.2, 0.25) is 0 Å². The average molecular weight is 397 g/mol. The number of carbonyl (C=O) groups is 1. The summed E-state index contributed by atoms with van der Waals surface area (Å²) in [5.41, 5.74) is 1.30. The van der Waals surface area contributed by atoms with Gasteiger partial charge in [0.25, 0.3) is 0 Å². The average Bonchev–Trinajstić information content (AvgIpc) is 2.79. The van der Waals surface area contributed by atoms with Crippen LogP contribution in [0, 0.1) is 5.92 Å². The van der Waals surface area contributed by atoms with Gasteiger partial charge in [0, 0.05) is 12.3 Å². The summed E-state index contributed by atoms with van der Waals surface area (Å²) < 4.78 is 13.8. The number of carbonyl (C=O) groups excluding carboxylic acids is 1. The summed E-state index contributed by atoms with van der Waals surface area (Å²) in [6.07, 6.45) is 4.57. The van der Waals surface area contributed by atoms with E-state index in [0.717, 1.165) is 12.8 Å². The lowest BCUT2D eigenvalue weighted by molar-refractivity contribution is -0.115. The van der Waals surface area contributed by atoms with Crippen LogP contribution >= 0.6 is 0 Å². The third kappa shape index (κ3) is 4.42.